The fourth-order valence-electron chi connectivity index (χ4n) is 2.19. The van der Waals surface area contributed by atoms with Crippen LogP contribution in [0.3, 0.4) is 0 Å². The van der Waals surface area contributed by atoms with Gasteiger partial charge in [-0.3, -0.25) is 9.59 Å². The highest BCUT2D eigenvalue weighted by Crippen LogP contribution is 2.26. The number of nitrogens with one attached hydrogen (secondary N) is 3. The summed E-state index contributed by atoms with van der Waals surface area (Å²) in [6.45, 7) is 3.99. The van der Waals surface area contributed by atoms with Gasteiger partial charge in [0, 0.05) is 22.7 Å². The zero-order valence-corrected chi connectivity index (χ0v) is 16.5. The second-order valence-corrected chi connectivity index (χ2v) is 6.65. The van der Waals surface area contributed by atoms with Gasteiger partial charge in [0.15, 0.2) is 10.9 Å². The van der Waals surface area contributed by atoms with Crippen molar-refractivity contribution in [3.63, 3.8) is 0 Å². The molecule has 1 amide bonds. The number of halogens is 2. The lowest BCUT2D eigenvalue weighted by Crippen LogP contribution is -2.39. The number of amides is 1. The third-order valence-corrected chi connectivity index (χ3v) is 4.29. The maximum absolute atomic E-state index is 12.9. The average molecular weight is 422 g/mol. The van der Waals surface area contributed by atoms with E-state index in [0.717, 1.165) is 0 Å². The summed E-state index contributed by atoms with van der Waals surface area (Å²) in [6.07, 6.45) is 1.65. The molecule has 2 rings (SSSR count). The zero-order valence-electron chi connectivity index (χ0n) is 14.2. The van der Waals surface area contributed by atoms with E-state index in [1.54, 1.807) is 42.5 Å². The molecule has 0 fully saturated rings. The Kier molecular flexibility index (Phi) is 7.79. The first-order chi connectivity index (χ1) is 12.9. The highest BCUT2D eigenvalue weighted by atomic mass is 35.5. The lowest BCUT2D eigenvalue weighted by atomic mass is 10.0. The second-order valence-electron chi connectivity index (χ2n) is 5.40. The summed E-state index contributed by atoms with van der Waals surface area (Å²) in [7, 11) is 0. The van der Waals surface area contributed by atoms with Gasteiger partial charge in [0.05, 0.1) is 17.3 Å². The van der Waals surface area contributed by atoms with E-state index in [1.807, 2.05) is 0 Å². The van der Waals surface area contributed by atoms with Gasteiger partial charge in [0.25, 0.3) is 0 Å². The number of hydrogen-bond acceptors (Lipinski definition) is 3. The molecule has 0 bridgehead atoms. The molecule has 27 heavy (non-hydrogen) atoms. The second kappa shape index (κ2) is 10.1. The van der Waals surface area contributed by atoms with Crippen molar-refractivity contribution in [2.45, 2.75) is 0 Å². The number of rotatable bonds is 7. The zero-order chi connectivity index (χ0) is 19.8. The summed E-state index contributed by atoms with van der Waals surface area (Å²) in [5.74, 6) is -0.706. The molecule has 0 aliphatic rings. The monoisotopic (exact) mass is 421 g/mol. The number of anilines is 1. The van der Waals surface area contributed by atoms with Crippen molar-refractivity contribution in [2.24, 2.45) is 0 Å². The summed E-state index contributed by atoms with van der Waals surface area (Å²) in [5, 5.41) is 9.33. The van der Waals surface area contributed by atoms with Crippen molar-refractivity contribution in [2.75, 3.05) is 18.4 Å². The molecule has 0 aromatic heterocycles. The molecule has 3 N–H and O–H groups in total. The molecule has 0 saturated carbocycles. The van der Waals surface area contributed by atoms with Crippen LogP contribution in [0.2, 0.25) is 10.0 Å². The lowest BCUT2D eigenvalue weighted by Gasteiger charge is -2.13. The Labute approximate surface area is 172 Å². The van der Waals surface area contributed by atoms with Crippen LogP contribution in [-0.4, -0.2) is 29.9 Å². The van der Waals surface area contributed by atoms with E-state index >= 15 is 0 Å². The predicted octanol–water partition coefficient (Wildman–Crippen LogP) is 3.81. The largest absolute Gasteiger partial charge is 0.359 e. The van der Waals surface area contributed by atoms with Crippen LogP contribution in [0, 0.1) is 0 Å². The minimum Gasteiger partial charge on any atom is -0.359 e. The first-order valence-electron chi connectivity index (χ1n) is 7.93. The molecule has 5 nitrogen and oxygen atoms in total. The van der Waals surface area contributed by atoms with Crippen LogP contribution in [0.25, 0.3) is 0 Å². The molecular formula is C19H17Cl2N3O2S. The van der Waals surface area contributed by atoms with Gasteiger partial charge in [-0.15, -0.1) is 6.58 Å². The van der Waals surface area contributed by atoms with Gasteiger partial charge in [-0.2, -0.15) is 0 Å². The van der Waals surface area contributed by atoms with Crippen LogP contribution in [0.1, 0.15) is 15.9 Å². The van der Waals surface area contributed by atoms with Crippen LogP contribution in [0.4, 0.5) is 5.69 Å². The minimum absolute atomic E-state index is 0.0642. The van der Waals surface area contributed by atoms with Gasteiger partial charge in [-0.1, -0.05) is 41.4 Å². The van der Waals surface area contributed by atoms with E-state index in [2.05, 4.69) is 22.5 Å². The standard InChI is InChI=1S/C19H17Cl2N3O2S/c1-2-9-22-19(27)23-11-17(25)24-16-8-7-12(20)10-14(16)18(26)13-5-3-4-6-15(13)21/h2-8,10H,1,9,11H2,(H,24,25)(H2,22,23,27). The Morgan fingerprint density at radius 2 is 1.81 bits per heavy atom. The first-order valence-corrected chi connectivity index (χ1v) is 9.10. The fourth-order valence-corrected chi connectivity index (χ4v) is 2.74. The molecule has 8 heteroatoms. The van der Waals surface area contributed by atoms with Crippen molar-refractivity contribution in [3.05, 3.63) is 76.3 Å². The van der Waals surface area contributed by atoms with Gasteiger partial charge in [-0.25, -0.2) is 0 Å². The number of carbonyl (C=O) groups excluding carboxylic acids is 2. The van der Waals surface area contributed by atoms with E-state index in [4.69, 9.17) is 35.4 Å². The van der Waals surface area contributed by atoms with Crippen LogP contribution in [0.5, 0.6) is 0 Å². The smallest absolute Gasteiger partial charge is 0.243 e. The minimum atomic E-state index is -0.367. The van der Waals surface area contributed by atoms with Crippen molar-refractivity contribution in [3.8, 4) is 0 Å². The molecule has 140 valence electrons. The highest BCUT2D eigenvalue weighted by molar-refractivity contribution is 7.80. The van der Waals surface area contributed by atoms with E-state index in [1.165, 1.54) is 6.07 Å². The molecule has 0 aliphatic heterocycles. The quantitative estimate of drug-likeness (QED) is 0.360. The average Bonchev–Trinajstić information content (AvgIpc) is 2.66. The summed E-state index contributed by atoms with van der Waals surface area (Å²) < 4.78 is 0. The number of carbonyl (C=O) groups is 2. The van der Waals surface area contributed by atoms with Gasteiger partial charge in [0.1, 0.15) is 0 Å². The van der Waals surface area contributed by atoms with Gasteiger partial charge >= 0.3 is 0 Å². The molecule has 2 aromatic carbocycles. The maximum Gasteiger partial charge on any atom is 0.243 e. The summed E-state index contributed by atoms with van der Waals surface area (Å²) in [4.78, 5) is 25.1. The van der Waals surface area contributed by atoms with Crippen LogP contribution >= 0.6 is 35.4 Å². The number of benzene rings is 2. The number of thiocarbonyl (C=S) groups is 1. The Balaban J connectivity index is 2.15. The van der Waals surface area contributed by atoms with Crippen molar-refractivity contribution >= 4 is 57.9 Å². The third kappa shape index (κ3) is 6.06. The predicted molar refractivity (Wildman–Crippen MR) is 114 cm³/mol. The molecular weight excluding hydrogens is 405 g/mol. The molecule has 0 heterocycles. The van der Waals surface area contributed by atoms with Gasteiger partial charge < -0.3 is 16.0 Å². The van der Waals surface area contributed by atoms with Gasteiger partial charge in [-0.05, 0) is 42.5 Å². The van der Waals surface area contributed by atoms with Crippen LogP contribution in [0.15, 0.2) is 55.1 Å². The maximum atomic E-state index is 12.9. The van der Waals surface area contributed by atoms with E-state index in [9.17, 15) is 9.59 Å². The molecule has 0 unspecified atom stereocenters. The Bertz CT molecular complexity index is 887. The third-order valence-electron chi connectivity index (χ3n) is 3.44. The van der Waals surface area contributed by atoms with E-state index in [0.29, 0.717) is 33.0 Å². The topological polar surface area (TPSA) is 70.2 Å². The molecule has 2 aromatic rings. The molecule has 0 radical (unpaired) electrons. The van der Waals surface area contributed by atoms with Crippen molar-refractivity contribution in [1.82, 2.24) is 10.6 Å². The summed E-state index contributed by atoms with van der Waals surface area (Å²) in [5.41, 5.74) is 0.905. The normalized spacial score (nSPS) is 10.0. The van der Waals surface area contributed by atoms with Gasteiger partial charge in [0.2, 0.25) is 5.91 Å². The number of ketones is 1. The Hall–Kier alpha value is -2.41. The highest BCUT2D eigenvalue weighted by Gasteiger charge is 2.18. The summed E-state index contributed by atoms with van der Waals surface area (Å²) in [6, 6.07) is 11.3. The van der Waals surface area contributed by atoms with Crippen LogP contribution in [-0.2, 0) is 4.79 Å². The Morgan fingerprint density at radius 1 is 1.07 bits per heavy atom. The Morgan fingerprint density at radius 3 is 2.52 bits per heavy atom. The van der Waals surface area contributed by atoms with Crippen molar-refractivity contribution < 1.29 is 9.59 Å². The van der Waals surface area contributed by atoms with E-state index < -0.39 is 0 Å². The molecule has 0 atom stereocenters. The van der Waals surface area contributed by atoms with Crippen LogP contribution < -0.4 is 16.0 Å². The van der Waals surface area contributed by atoms with Crippen molar-refractivity contribution in [1.29, 1.82) is 0 Å². The SMILES string of the molecule is C=CCNC(=S)NCC(=O)Nc1ccc(Cl)cc1C(=O)c1ccccc1Cl. The molecule has 0 spiro atoms. The van der Waals surface area contributed by atoms with E-state index in [-0.39, 0.29) is 23.8 Å². The fraction of sp³-hybridized carbons (Fsp3) is 0.105. The summed E-state index contributed by atoms with van der Waals surface area (Å²) >= 11 is 17.2. The molecule has 0 saturated heterocycles. The lowest BCUT2D eigenvalue weighted by molar-refractivity contribution is -0.115. The first kappa shape index (κ1) is 20.9. The molecule has 0 aliphatic carbocycles. The number of hydrogen-bond donors (Lipinski definition) is 3.